The number of amides is 1. The number of fused-ring (bicyclic) bond motifs is 1. The Labute approximate surface area is 122 Å². The molecule has 0 radical (unpaired) electrons. The summed E-state index contributed by atoms with van der Waals surface area (Å²) >= 11 is 0. The number of hydrogen-bond acceptors (Lipinski definition) is 3. The van der Waals surface area contributed by atoms with Crippen LogP contribution in [0.25, 0.3) is 0 Å². The number of aromatic nitrogens is 1. The van der Waals surface area contributed by atoms with Crippen molar-refractivity contribution in [3.63, 3.8) is 0 Å². The Morgan fingerprint density at radius 2 is 2.05 bits per heavy atom. The van der Waals surface area contributed by atoms with Gasteiger partial charge in [0, 0.05) is 24.0 Å². The molecule has 1 aliphatic carbocycles. The van der Waals surface area contributed by atoms with E-state index in [1.54, 1.807) is 30.5 Å². The minimum atomic E-state index is -0.271. The first-order chi connectivity index (χ1) is 10.2. The molecule has 5 nitrogen and oxygen atoms in total. The third-order valence-electron chi connectivity index (χ3n) is 3.51. The van der Waals surface area contributed by atoms with Gasteiger partial charge < -0.3 is 15.0 Å². The van der Waals surface area contributed by atoms with E-state index in [9.17, 15) is 9.59 Å². The molecular formula is C16H16N2O3. The normalized spacial score (nSPS) is 13.1. The molecule has 1 aliphatic rings. The molecule has 1 aromatic heterocycles. The maximum absolute atomic E-state index is 12.3. The fourth-order valence-electron chi connectivity index (χ4n) is 2.52. The molecule has 3 rings (SSSR count). The van der Waals surface area contributed by atoms with Crippen LogP contribution in [-0.2, 0) is 6.42 Å². The zero-order valence-electron chi connectivity index (χ0n) is 11.7. The van der Waals surface area contributed by atoms with E-state index in [1.165, 1.54) is 0 Å². The molecule has 0 spiro atoms. The van der Waals surface area contributed by atoms with Gasteiger partial charge in [0.05, 0.1) is 17.7 Å². The number of nitrogens with one attached hydrogen (secondary N) is 2. The van der Waals surface area contributed by atoms with E-state index < -0.39 is 0 Å². The van der Waals surface area contributed by atoms with Gasteiger partial charge in [-0.1, -0.05) is 0 Å². The van der Waals surface area contributed by atoms with Crippen molar-refractivity contribution in [3.05, 3.63) is 47.3 Å². The van der Waals surface area contributed by atoms with Crippen molar-refractivity contribution in [2.75, 3.05) is 11.9 Å². The Morgan fingerprint density at radius 1 is 1.29 bits per heavy atom. The van der Waals surface area contributed by atoms with Crippen LogP contribution in [-0.4, -0.2) is 23.3 Å². The van der Waals surface area contributed by atoms with Crippen molar-refractivity contribution in [3.8, 4) is 5.75 Å². The highest BCUT2D eigenvalue weighted by Crippen LogP contribution is 2.25. The fraction of sp³-hybridized carbons (Fsp3) is 0.250. The summed E-state index contributed by atoms with van der Waals surface area (Å²) in [6.07, 6.45) is 2.77. The standard InChI is InChI=1S/C16H16N2O3/c1-2-21-11-5-3-10(4-6-11)18-16(20)12-9-17-13-7-8-14(19)15(12)13/h3-6,9,17H,2,7-8H2,1H3,(H,18,20). The van der Waals surface area contributed by atoms with E-state index >= 15 is 0 Å². The minimum Gasteiger partial charge on any atom is -0.494 e. The third kappa shape index (κ3) is 2.54. The Morgan fingerprint density at radius 3 is 2.76 bits per heavy atom. The van der Waals surface area contributed by atoms with Gasteiger partial charge in [0.1, 0.15) is 5.75 Å². The van der Waals surface area contributed by atoms with Gasteiger partial charge in [0.15, 0.2) is 5.78 Å². The Hall–Kier alpha value is -2.56. The summed E-state index contributed by atoms with van der Waals surface area (Å²) in [6, 6.07) is 7.15. The number of carbonyl (C=O) groups is 2. The molecule has 2 aromatic rings. The van der Waals surface area contributed by atoms with Crippen LogP contribution < -0.4 is 10.1 Å². The van der Waals surface area contributed by atoms with Crippen LogP contribution in [0.5, 0.6) is 5.75 Å². The van der Waals surface area contributed by atoms with E-state index in [1.807, 2.05) is 6.92 Å². The van der Waals surface area contributed by atoms with E-state index in [4.69, 9.17) is 4.74 Å². The summed E-state index contributed by atoms with van der Waals surface area (Å²) in [5.74, 6) is 0.517. The molecule has 1 amide bonds. The maximum Gasteiger partial charge on any atom is 0.257 e. The van der Waals surface area contributed by atoms with Gasteiger partial charge in [-0.2, -0.15) is 0 Å². The van der Waals surface area contributed by atoms with Gasteiger partial charge in [0.25, 0.3) is 5.91 Å². The SMILES string of the molecule is CCOc1ccc(NC(=O)c2c[nH]c3c2C(=O)CC3)cc1. The Kier molecular flexibility index (Phi) is 3.48. The summed E-state index contributed by atoms with van der Waals surface area (Å²) in [4.78, 5) is 27.1. The molecule has 0 bridgehead atoms. The molecular weight excluding hydrogens is 268 g/mol. The van der Waals surface area contributed by atoms with Crippen LogP contribution in [0.1, 0.15) is 39.8 Å². The molecule has 0 unspecified atom stereocenters. The van der Waals surface area contributed by atoms with Crippen LogP contribution in [0.2, 0.25) is 0 Å². The molecule has 1 heterocycles. The van der Waals surface area contributed by atoms with Gasteiger partial charge >= 0.3 is 0 Å². The number of ether oxygens (including phenoxy) is 1. The quantitative estimate of drug-likeness (QED) is 0.907. The lowest BCUT2D eigenvalue weighted by Gasteiger charge is -2.07. The van der Waals surface area contributed by atoms with Crippen molar-refractivity contribution in [1.29, 1.82) is 0 Å². The van der Waals surface area contributed by atoms with E-state index in [2.05, 4.69) is 10.3 Å². The maximum atomic E-state index is 12.3. The van der Waals surface area contributed by atoms with E-state index in [-0.39, 0.29) is 11.7 Å². The zero-order chi connectivity index (χ0) is 14.8. The fourth-order valence-corrected chi connectivity index (χ4v) is 2.52. The predicted molar refractivity (Wildman–Crippen MR) is 79.0 cm³/mol. The number of hydrogen-bond donors (Lipinski definition) is 2. The van der Waals surface area contributed by atoms with E-state index in [0.29, 0.717) is 36.3 Å². The highest BCUT2D eigenvalue weighted by molar-refractivity contribution is 6.14. The molecule has 21 heavy (non-hydrogen) atoms. The second kappa shape index (κ2) is 5.44. The van der Waals surface area contributed by atoms with Crippen LogP contribution in [0, 0.1) is 0 Å². The van der Waals surface area contributed by atoms with Gasteiger partial charge in [-0.3, -0.25) is 9.59 Å². The molecule has 0 aliphatic heterocycles. The first-order valence-corrected chi connectivity index (χ1v) is 6.96. The first kappa shape index (κ1) is 13.4. The number of Topliss-reactive ketones (excluding diaryl/α,β-unsaturated/α-hetero) is 1. The average molecular weight is 284 g/mol. The number of carbonyl (C=O) groups excluding carboxylic acids is 2. The zero-order valence-corrected chi connectivity index (χ0v) is 11.7. The smallest absolute Gasteiger partial charge is 0.257 e. The summed E-state index contributed by atoms with van der Waals surface area (Å²) in [6.45, 7) is 2.52. The summed E-state index contributed by atoms with van der Waals surface area (Å²) < 4.78 is 5.35. The highest BCUT2D eigenvalue weighted by atomic mass is 16.5. The van der Waals surface area contributed by atoms with Crippen LogP contribution in [0.3, 0.4) is 0 Å². The summed E-state index contributed by atoms with van der Waals surface area (Å²) in [7, 11) is 0. The molecule has 0 saturated carbocycles. The third-order valence-corrected chi connectivity index (χ3v) is 3.51. The number of benzene rings is 1. The van der Waals surface area contributed by atoms with Crippen molar-refractivity contribution >= 4 is 17.4 Å². The summed E-state index contributed by atoms with van der Waals surface area (Å²) in [5, 5.41) is 2.80. The lowest BCUT2D eigenvalue weighted by Crippen LogP contribution is -2.14. The number of ketones is 1. The van der Waals surface area contributed by atoms with Crippen LogP contribution in [0.4, 0.5) is 5.69 Å². The highest BCUT2D eigenvalue weighted by Gasteiger charge is 2.27. The Balaban J connectivity index is 1.76. The van der Waals surface area contributed by atoms with Crippen LogP contribution >= 0.6 is 0 Å². The van der Waals surface area contributed by atoms with Crippen molar-refractivity contribution in [2.24, 2.45) is 0 Å². The monoisotopic (exact) mass is 284 g/mol. The topological polar surface area (TPSA) is 71.2 Å². The number of aromatic amines is 1. The number of aryl methyl sites for hydroxylation is 1. The predicted octanol–water partition coefficient (Wildman–Crippen LogP) is 2.79. The molecule has 0 saturated heterocycles. The van der Waals surface area contributed by atoms with Gasteiger partial charge in [-0.25, -0.2) is 0 Å². The first-order valence-electron chi connectivity index (χ1n) is 6.96. The largest absolute Gasteiger partial charge is 0.494 e. The molecule has 5 heteroatoms. The molecule has 108 valence electrons. The molecule has 0 fully saturated rings. The summed E-state index contributed by atoms with van der Waals surface area (Å²) in [5.41, 5.74) is 2.49. The molecule has 1 aromatic carbocycles. The lowest BCUT2D eigenvalue weighted by molar-refractivity contribution is 0.0975. The number of anilines is 1. The number of rotatable bonds is 4. The van der Waals surface area contributed by atoms with Crippen molar-refractivity contribution in [1.82, 2.24) is 4.98 Å². The molecule has 2 N–H and O–H groups in total. The lowest BCUT2D eigenvalue weighted by atomic mass is 10.1. The minimum absolute atomic E-state index is 0.0306. The van der Waals surface area contributed by atoms with Crippen LogP contribution in [0.15, 0.2) is 30.5 Å². The Bertz CT molecular complexity index is 686. The number of H-pyrrole nitrogens is 1. The second-order valence-corrected chi connectivity index (χ2v) is 4.89. The average Bonchev–Trinajstić information content (AvgIpc) is 3.05. The van der Waals surface area contributed by atoms with Gasteiger partial charge in [0.2, 0.25) is 0 Å². The van der Waals surface area contributed by atoms with Crippen molar-refractivity contribution in [2.45, 2.75) is 19.8 Å². The van der Waals surface area contributed by atoms with Crippen molar-refractivity contribution < 1.29 is 14.3 Å². The van der Waals surface area contributed by atoms with Gasteiger partial charge in [-0.05, 0) is 37.6 Å². The van der Waals surface area contributed by atoms with Gasteiger partial charge in [-0.15, -0.1) is 0 Å². The second-order valence-electron chi connectivity index (χ2n) is 4.89. The molecule has 0 atom stereocenters. The van der Waals surface area contributed by atoms with E-state index in [0.717, 1.165) is 11.4 Å².